The fourth-order valence-corrected chi connectivity index (χ4v) is 8.25. The minimum absolute atomic E-state index is 0.0472. The predicted octanol–water partition coefficient (Wildman–Crippen LogP) is 9.08. The van der Waals surface area contributed by atoms with Crippen molar-refractivity contribution >= 4 is 5.97 Å². The summed E-state index contributed by atoms with van der Waals surface area (Å²) in [5, 5.41) is 72.3. The number of ether oxygens (including phenoxy) is 6. The lowest BCUT2D eigenvalue weighted by Crippen LogP contribution is -2.61. The summed E-state index contributed by atoms with van der Waals surface area (Å²) in [6.45, 7) is 3.51. The van der Waals surface area contributed by atoms with E-state index in [1.54, 1.807) is 0 Å². The average molecular weight is 1010 g/mol. The molecule has 0 radical (unpaired) electrons. The fraction of sp³-hybridized carbons (Fsp3) is 0.772. The van der Waals surface area contributed by atoms with Crippen LogP contribution in [-0.2, 0) is 33.2 Å². The van der Waals surface area contributed by atoms with Gasteiger partial charge in [0.1, 0.15) is 54.9 Å². The van der Waals surface area contributed by atoms with Crippen LogP contribution in [0.1, 0.15) is 181 Å². The number of hydrogen-bond acceptors (Lipinski definition) is 14. The van der Waals surface area contributed by atoms with Gasteiger partial charge in [-0.05, 0) is 83.5 Å². The Balaban J connectivity index is 1.75. The highest BCUT2D eigenvalue weighted by Crippen LogP contribution is 2.26. The minimum atomic E-state index is -1.71. The van der Waals surface area contributed by atoms with E-state index in [0.717, 1.165) is 89.9 Å². The molecule has 14 nitrogen and oxygen atoms in total. The lowest BCUT2D eigenvalue weighted by Gasteiger charge is -2.42. The highest BCUT2D eigenvalue weighted by molar-refractivity contribution is 5.69. The molecule has 0 bridgehead atoms. The molecule has 0 aliphatic carbocycles. The molecule has 0 aromatic rings. The number of allylic oxidation sites excluding steroid dienone is 12. The first-order valence-corrected chi connectivity index (χ1v) is 27.5. The van der Waals surface area contributed by atoms with E-state index in [1.165, 1.54) is 64.2 Å². The van der Waals surface area contributed by atoms with Crippen LogP contribution in [-0.4, -0.2) is 142 Å². The molecule has 0 aromatic carbocycles. The molecule has 0 amide bonds. The highest BCUT2D eigenvalue weighted by Gasteiger charge is 2.47. The maximum Gasteiger partial charge on any atom is 0.306 e. The van der Waals surface area contributed by atoms with Gasteiger partial charge in [-0.2, -0.15) is 0 Å². The molecule has 2 saturated heterocycles. The van der Waals surface area contributed by atoms with Gasteiger partial charge in [0.25, 0.3) is 0 Å². The van der Waals surface area contributed by atoms with Crippen molar-refractivity contribution in [2.45, 2.75) is 248 Å². The zero-order valence-electron chi connectivity index (χ0n) is 43.7. The Hall–Kier alpha value is -2.57. The van der Waals surface area contributed by atoms with Gasteiger partial charge in [0.15, 0.2) is 12.6 Å². The summed E-state index contributed by atoms with van der Waals surface area (Å²) in [5.74, 6) is -0.391. The van der Waals surface area contributed by atoms with Gasteiger partial charge in [0, 0.05) is 13.0 Å². The Morgan fingerprint density at radius 3 is 1.44 bits per heavy atom. The number of aliphatic hydroxyl groups excluding tert-OH is 7. The molecule has 2 aliphatic rings. The van der Waals surface area contributed by atoms with Crippen LogP contribution < -0.4 is 0 Å². The lowest BCUT2D eigenvalue weighted by molar-refractivity contribution is -0.332. The maximum absolute atomic E-state index is 13.0. The highest BCUT2D eigenvalue weighted by atomic mass is 16.7. The Bertz CT molecular complexity index is 1450. The maximum atomic E-state index is 13.0. The van der Waals surface area contributed by atoms with Gasteiger partial charge < -0.3 is 64.2 Å². The third kappa shape index (κ3) is 31.0. The molecule has 7 N–H and O–H groups in total. The molecule has 2 rings (SSSR count). The Labute approximate surface area is 427 Å². The van der Waals surface area contributed by atoms with E-state index < -0.39 is 86.7 Å². The van der Waals surface area contributed by atoms with Crippen molar-refractivity contribution in [1.29, 1.82) is 0 Å². The van der Waals surface area contributed by atoms with Crippen LogP contribution >= 0.6 is 0 Å². The monoisotopic (exact) mass is 1010 g/mol. The van der Waals surface area contributed by atoms with Crippen molar-refractivity contribution in [3.8, 4) is 0 Å². The quantitative estimate of drug-likeness (QED) is 0.0173. The summed E-state index contributed by atoms with van der Waals surface area (Å²) in [6.07, 6.45) is 38.1. The van der Waals surface area contributed by atoms with Crippen LogP contribution in [0.5, 0.6) is 0 Å². The van der Waals surface area contributed by atoms with Gasteiger partial charge in [-0.3, -0.25) is 4.79 Å². The van der Waals surface area contributed by atoms with Gasteiger partial charge in [-0.15, -0.1) is 0 Å². The number of esters is 1. The smallest absolute Gasteiger partial charge is 0.306 e. The molecular formula is C57H98O14. The number of carbonyl (C=O) groups is 1. The molecular weight excluding hydrogens is 909 g/mol. The van der Waals surface area contributed by atoms with E-state index in [-0.39, 0.29) is 19.6 Å². The predicted molar refractivity (Wildman–Crippen MR) is 279 cm³/mol. The van der Waals surface area contributed by atoms with Crippen LogP contribution in [0.3, 0.4) is 0 Å². The third-order valence-electron chi connectivity index (χ3n) is 12.7. The summed E-state index contributed by atoms with van der Waals surface area (Å²) >= 11 is 0. The number of unbranched alkanes of at least 4 members (excludes halogenated alkanes) is 17. The van der Waals surface area contributed by atoms with E-state index in [4.69, 9.17) is 28.4 Å². The first kappa shape index (κ1) is 64.5. The van der Waals surface area contributed by atoms with Crippen molar-refractivity contribution in [1.82, 2.24) is 0 Å². The molecule has 11 unspecified atom stereocenters. The second kappa shape index (κ2) is 43.8. The summed E-state index contributed by atoms with van der Waals surface area (Å²) < 4.78 is 34.3. The summed E-state index contributed by atoms with van der Waals surface area (Å²) in [6, 6.07) is 0. The Morgan fingerprint density at radius 2 is 0.915 bits per heavy atom. The van der Waals surface area contributed by atoms with Crippen LogP contribution in [0.25, 0.3) is 0 Å². The standard InChI is InChI=1S/C57H98O14/c1-3-5-7-9-11-13-15-17-19-21-22-23-25-27-29-31-33-35-37-39-41-66-43-46(69-49(59)40-38-36-34-32-30-28-26-24-20-18-16-14-12-10-8-6-4-2)44-67-56-55(65)53(63)51(61)48(71-56)45-68-57-54(64)52(62)50(60)47(42-58)70-57/h5,7,11-14,17-20,22-23,46-48,50-58,60-65H,3-4,6,8-10,15-16,21,24-45H2,1-2H3/b7-5-,13-11-,14-12-,19-17-,20-18-,23-22-. The zero-order chi connectivity index (χ0) is 51.6. The number of hydrogen-bond donors (Lipinski definition) is 7. The van der Waals surface area contributed by atoms with Gasteiger partial charge in [0.05, 0.1) is 26.4 Å². The van der Waals surface area contributed by atoms with E-state index >= 15 is 0 Å². The van der Waals surface area contributed by atoms with Crippen molar-refractivity contribution < 1.29 is 69.0 Å². The van der Waals surface area contributed by atoms with Crippen LogP contribution in [0.2, 0.25) is 0 Å². The molecule has 14 heteroatoms. The van der Waals surface area contributed by atoms with E-state index in [2.05, 4.69) is 86.8 Å². The van der Waals surface area contributed by atoms with E-state index in [0.29, 0.717) is 13.0 Å². The van der Waals surface area contributed by atoms with Crippen LogP contribution in [0.15, 0.2) is 72.9 Å². The van der Waals surface area contributed by atoms with Crippen molar-refractivity contribution in [3.05, 3.63) is 72.9 Å². The molecule has 71 heavy (non-hydrogen) atoms. The number of aliphatic hydroxyl groups is 7. The molecule has 0 saturated carbocycles. The average Bonchev–Trinajstić information content (AvgIpc) is 3.37. The third-order valence-corrected chi connectivity index (χ3v) is 12.7. The summed E-state index contributed by atoms with van der Waals surface area (Å²) in [5.41, 5.74) is 0. The lowest BCUT2D eigenvalue weighted by atomic mass is 9.98. The second-order valence-corrected chi connectivity index (χ2v) is 19.0. The largest absolute Gasteiger partial charge is 0.457 e. The molecule has 2 fully saturated rings. The Morgan fingerprint density at radius 1 is 0.479 bits per heavy atom. The van der Waals surface area contributed by atoms with E-state index in [1.807, 2.05) is 0 Å². The summed E-state index contributed by atoms with van der Waals surface area (Å²) in [7, 11) is 0. The van der Waals surface area contributed by atoms with Crippen molar-refractivity contribution in [3.63, 3.8) is 0 Å². The molecule has 2 aliphatic heterocycles. The first-order valence-electron chi connectivity index (χ1n) is 27.5. The van der Waals surface area contributed by atoms with Gasteiger partial charge in [0.2, 0.25) is 0 Å². The minimum Gasteiger partial charge on any atom is -0.457 e. The Kier molecular flexibility index (Phi) is 39.8. The number of carbonyl (C=O) groups excluding carboxylic acids is 1. The van der Waals surface area contributed by atoms with Crippen LogP contribution in [0.4, 0.5) is 0 Å². The SMILES string of the molecule is CC/C=C\C/C=C\C/C=C\C/C=C\CCCCCCCCCOCC(COC1OC(COC2OC(CO)C(O)C(O)C2O)C(O)C(O)C1O)OC(=O)CCCCCCCCC/C=C\C/C=C\CCCCC. The topological polar surface area (TPSA) is 214 Å². The fourth-order valence-electron chi connectivity index (χ4n) is 8.25. The summed E-state index contributed by atoms with van der Waals surface area (Å²) in [4.78, 5) is 13.0. The molecule has 2 heterocycles. The van der Waals surface area contributed by atoms with Crippen LogP contribution in [0, 0.1) is 0 Å². The molecule has 11 atom stereocenters. The van der Waals surface area contributed by atoms with Crippen molar-refractivity contribution in [2.75, 3.05) is 33.0 Å². The normalized spacial score (nSPS) is 25.9. The molecule has 410 valence electrons. The van der Waals surface area contributed by atoms with Gasteiger partial charge in [-0.25, -0.2) is 0 Å². The van der Waals surface area contributed by atoms with Gasteiger partial charge in [-0.1, -0.05) is 164 Å². The number of rotatable bonds is 43. The second-order valence-electron chi connectivity index (χ2n) is 19.0. The molecule has 0 aromatic heterocycles. The first-order chi connectivity index (χ1) is 34.6. The molecule has 0 spiro atoms. The van der Waals surface area contributed by atoms with Crippen molar-refractivity contribution in [2.24, 2.45) is 0 Å². The van der Waals surface area contributed by atoms with E-state index in [9.17, 15) is 40.5 Å². The zero-order valence-corrected chi connectivity index (χ0v) is 43.7. The van der Waals surface area contributed by atoms with Gasteiger partial charge >= 0.3 is 5.97 Å².